The lowest BCUT2D eigenvalue weighted by atomic mass is 9.66. The quantitative estimate of drug-likeness (QED) is 0.370. The summed E-state index contributed by atoms with van der Waals surface area (Å²) in [6.45, 7) is 7.74. The summed E-state index contributed by atoms with van der Waals surface area (Å²) in [5.74, 6) is 2.41. The Morgan fingerprint density at radius 3 is 2.58 bits per heavy atom. The van der Waals surface area contributed by atoms with Crippen molar-refractivity contribution in [3.8, 4) is 0 Å². The molecule has 19 heavy (non-hydrogen) atoms. The van der Waals surface area contributed by atoms with Gasteiger partial charge >= 0.3 is 0 Å². The Morgan fingerprint density at radius 1 is 1.11 bits per heavy atom. The van der Waals surface area contributed by atoms with Crippen LogP contribution in [0.25, 0.3) is 0 Å². The lowest BCUT2D eigenvalue weighted by Gasteiger charge is -2.39. The number of Topliss-reactive ketones (excluding diaryl/α,β-unsaturated/α-hetero) is 1. The van der Waals surface area contributed by atoms with Crippen molar-refractivity contribution >= 4 is 5.78 Å². The Labute approximate surface area is 118 Å². The van der Waals surface area contributed by atoms with E-state index in [4.69, 9.17) is 0 Å². The van der Waals surface area contributed by atoms with Gasteiger partial charge in [0.2, 0.25) is 0 Å². The highest BCUT2D eigenvalue weighted by molar-refractivity contribution is 5.96. The van der Waals surface area contributed by atoms with E-state index in [2.05, 4.69) is 13.2 Å². The fraction of sp³-hybridized carbons (Fsp3) is 0.722. The summed E-state index contributed by atoms with van der Waals surface area (Å²) < 4.78 is 0. The lowest BCUT2D eigenvalue weighted by molar-refractivity contribution is -0.121. The van der Waals surface area contributed by atoms with Gasteiger partial charge in [0.25, 0.3) is 0 Å². The molecule has 0 radical (unpaired) electrons. The second-order valence-corrected chi connectivity index (χ2v) is 6.46. The molecular weight excluding hydrogens is 232 g/mol. The fourth-order valence-electron chi connectivity index (χ4n) is 3.98. The molecule has 0 bridgehead atoms. The molecule has 0 aromatic heterocycles. The molecule has 0 spiro atoms. The van der Waals surface area contributed by atoms with Crippen LogP contribution < -0.4 is 0 Å². The SMILES string of the molecule is C=CCCCC(=C)C(=O)C1CCC2CCCCC2C1. The zero-order valence-electron chi connectivity index (χ0n) is 12.2. The third-order valence-electron chi connectivity index (χ3n) is 5.15. The maximum atomic E-state index is 12.4. The van der Waals surface area contributed by atoms with Gasteiger partial charge in [-0.25, -0.2) is 0 Å². The van der Waals surface area contributed by atoms with Crippen molar-refractivity contribution in [3.05, 3.63) is 24.8 Å². The molecule has 106 valence electrons. The fourth-order valence-corrected chi connectivity index (χ4v) is 3.98. The summed E-state index contributed by atoms with van der Waals surface area (Å²) in [5, 5.41) is 0. The van der Waals surface area contributed by atoms with Crippen molar-refractivity contribution < 1.29 is 4.79 Å². The summed E-state index contributed by atoms with van der Waals surface area (Å²) in [7, 11) is 0. The molecule has 0 aromatic rings. The van der Waals surface area contributed by atoms with Crippen LogP contribution in [0, 0.1) is 17.8 Å². The molecule has 3 unspecified atom stereocenters. The number of carbonyl (C=O) groups is 1. The first-order valence-corrected chi connectivity index (χ1v) is 8.05. The number of unbranched alkanes of at least 4 members (excludes halogenated alkanes) is 1. The molecule has 0 saturated heterocycles. The summed E-state index contributed by atoms with van der Waals surface area (Å²) in [4.78, 5) is 12.4. The van der Waals surface area contributed by atoms with Crippen LogP contribution in [0.15, 0.2) is 24.8 Å². The minimum Gasteiger partial charge on any atom is -0.294 e. The summed E-state index contributed by atoms with van der Waals surface area (Å²) in [6, 6.07) is 0. The van der Waals surface area contributed by atoms with Crippen molar-refractivity contribution in [2.24, 2.45) is 17.8 Å². The van der Waals surface area contributed by atoms with Crippen LogP contribution >= 0.6 is 0 Å². The smallest absolute Gasteiger partial charge is 0.161 e. The van der Waals surface area contributed by atoms with Crippen molar-refractivity contribution in [1.29, 1.82) is 0 Å². The normalized spacial score (nSPS) is 30.4. The maximum absolute atomic E-state index is 12.4. The predicted octanol–water partition coefficient (Wildman–Crippen LogP) is 5.07. The van der Waals surface area contributed by atoms with Crippen molar-refractivity contribution in [2.45, 2.75) is 64.2 Å². The summed E-state index contributed by atoms with van der Waals surface area (Å²) >= 11 is 0. The predicted molar refractivity (Wildman–Crippen MR) is 81.0 cm³/mol. The Bertz CT molecular complexity index is 342. The Balaban J connectivity index is 1.82. The number of allylic oxidation sites excluding steroid dienone is 2. The molecule has 2 aliphatic carbocycles. The zero-order chi connectivity index (χ0) is 13.7. The molecule has 0 amide bonds. The molecule has 0 aliphatic heterocycles. The largest absolute Gasteiger partial charge is 0.294 e. The first-order valence-electron chi connectivity index (χ1n) is 8.05. The van der Waals surface area contributed by atoms with Crippen molar-refractivity contribution in [3.63, 3.8) is 0 Å². The number of fused-ring (bicyclic) bond motifs is 1. The third-order valence-corrected chi connectivity index (χ3v) is 5.15. The number of hydrogen-bond donors (Lipinski definition) is 0. The van der Waals surface area contributed by atoms with E-state index in [1.54, 1.807) is 0 Å². The molecule has 2 saturated carbocycles. The second-order valence-electron chi connectivity index (χ2n) is 6.46. The van der Waals surface area contributed by atoms with Crippen LogP contribution in [-0.2, 0) is 4.79 Å². The van der Waals surface area contributed by atoms with E-state index in [0.29, 0.717) is 5.78 Å². The highest BCUT2D eigenvalue weighted by Gasteiger charge is 2.35. The first kappa shape index (κ1) is 14.6. The Morgan fingerprint density at radius 2 is 1.84 bits per heavy atom. The summed E-state index contributed by atoms with van der Waals surface area (Å²) in [6.07, 6.45) is 13.9. The van der Waals surface area contributed by atoms with Crippen LogP contribution in [0.1, 0.15) is 64.2 Å². The van der Waals surface area contributed by atoms with Crippen molar-refractivity contribution in [2.75, 3.05) is 0 Å². The molecule has 3 atom stereocenters. The van der Waals surface area contributed by atoms with Crippen molar-refractivity contribution in [1.82, 2.24) is 0 Å². The minimum absolute atomic E-state index is 0.288. The van der Waals surface area contributed by atoms with E-state index in [0.717, 1.165) is 49.5 Å². The second kappa shape index (κ2) is 7.07. The van der Waals surface area contributed by atoms with Gasteiger partial charge in [0.1, 0.15) is 0 Å². The molecule has 0 heterocycles. The molecule has 2 rings (SSSR count). The average molecular weight is 260 g/mol. The lowest BCUT2D eigenvalue weighted by Crippen LogP contribution is -2.31. The van der Waals surface area contributed by atoms with Gasteiger partial charge in [-0.05, 0) is 55.9 Å². The Kier molecular flexibility index (Phi) is 5.42. The van der Waals surface area contributed by atoms with Gasteiger partial charge in [0, 0.05) is 5.92 Å². The van der Waals surface area contributed by atoms with Gasteiger partial charge in [-0.15, -0.1) is 6.58 Å². The van der Waals surface area contributed by atoms with Crippen LogP contribution in [-0.4, -0.2) is 5.78 Å². The molecule has 1 nitrogen and oxygen atoms in total. The standard InChI is InChI=1S/C18H28O/c1-3-4-5-8-14(2)18(19)17-12-11-15-9-6-7-10-16(15)13-17/h3,15-17H,1-2,4-13H2. The highest BCUT2D eigenvalue weighted by Crippen LogP contribution is 2.43. The molecule has 0 aromatic carbocycles. The Hall–Kier alpha value is -0.850. The van der Waals surface area contributed by atoms with Crippen LogP contribution in [0.5, 0.6) is 0 Å². The number of hydrogen-bond acceptors (Lipinski definition) is 1. The number of carbonyl (C=O) groups excluding carboxylic acids is 1. The molecular formula is C18H28O. The van der Waals surface area contributed by atoms with E-state index in [-0.39, 0.29) is 5.92 Å². The van der Waals surface area contributed by atoms with E-state index in [1.807, 2.05) is 6.08 Å². The van der Waals surface area contributed by atoms with E-state index in [1.165, 1.54) is 32.1 Å². The summed E-state index contributed by atoms with van der Waals surface area (Å²) in [5.41, 5.74) is 0.862. The van der Waals surface area contributed by atoms with E-state index in [9.17, 15) is 4.79 Å². The topological polar surface area (TPSA) is 17.1 Å². The zero-order valence-corrected chi connectivity index (χ0v) is 12.2. The van der Waals surface area contributed by atoms with Crippen LogP contribution in [0.4, 0.5) is 0 Å². The van der Waals surface area contributed by atoms with Gasteiger partial charge in [-0.3, -0.25) is 4.79 Å². The molecule has 2 aliphatic rings. The maximum Gasteiger partial charge on any atom is 0.161 e. The number of ketones is 1. The monoisotopic (exact) mass is 260 g/mol. The van der Waals surface area contributed by atoms with Crippen LogP contribution in [0.3, 0.4) is 0 Å². The van der Waals surface area contributed by atoms with E-state index >= 15 is 0 Å². The van der Waals surface area contributed by atoms with Gasteiger partial charge < -0.3 is 0 Å². The van der Waals surface area contributed by atoms with E-state index < -0.39 is 0 Å². The van der Waals surface area contributed by atoms with Gasteiger partial charge in [-0.2, -0.15) is 0 Å². The van der Waals surface area contributed by atoms with Gasteiger partial charge in [0.15, 0.2) is 5.78 Å². The minimum atomic E-state index is 0.288. The third kappa shape index (κ3) is 3.81. The molecule has 0 N–H and O–H groups in total. The van der Waals surface area contributed by atoms with Gasteiger partial charge in [-0.1, -0.05) is 38.3 Å². The van der Waals surface area contributed by atoms with Crippen LogP contribution in [0.2, 0.25) is 0 Å². The molecule has 1 heteroatoms. The highest BCUT2D eigenvalue weighted by atomic mass is 16.1. The molecule has 2 fully saturated rings. The average Bonchev–Trinajstić information content (AvgIpc) is 2.46. The number of rotatable bonds is 6. The van der Waals surface area contributed by atoms with Gasteiger partial charge in [0.05, 0.1) is 0 Å². The first-order chi connectivity index (χ1) is 9.22.